The lowest BCUT2D eigenvalue weighted by Crippen LogP contribution is -2.57. The predicted octanol–water partition coefficient (Wildman–Crippen LogP) is 0.747. The van der Waals surface area contributed by atoms with E-state index in [0.717, 1.165) is 5.56 Å². The van der Waals surface area contributed by atoms with Gasteiger partial charge in [-0.25, -0.2) is 9.67 Å². The summed E-state index contributed by atoms with van der Waals surface area (Å²) in [6.45, 7) is 0.975. The average molecular weight is 337 g/mol. The van der Waals surface area contributed by atoms with Gasteiger partial charge >= 0.3 is 0 Å². The van der Waals surface area contributed by atoms with Crippen molar-refractivity contribution in [2.75, 3.05) is 6.61 Å². The molecule has 7 nitrogen and oxygen atoms in total. The van der Waals surface area contributed by atoms with Gasteiger partial charge in [0.05, 0.1) is 18.8 Å². The third-order valence-corrected chi connectivity index (χ3v) is 4.73. The van der Waals surface area contributed by atoms with Gasteiger partial charge in [0.25, 0.3) is 0 Å². The Balaban J connectivity index is 1.52. The van der Waals surface area contributed by atoms with Crippen LogP contribution in [-0.4, -0.2) is 51.0 Å². The summed E-state index contributed by atoms with van der Waals surface area (Å²) in [6, 6.07) is 6.91. The molecule has 2 saturated heterocycles. The Morgan fingerprint density at radius 2 is 2.26 bits per heavy atom. The highest BCUT2D eigenvalue weighted by atomic mass is 35.5. The number of aliphatic hydroxyl groups is 1. The number of nitrogens with one attached hydrogen (secondary N) is 1. The largest absolute Gasteiger partial charge is 0.389 e. The number of aliphatic hydroxyl groups excluding tert-OH is 1. The second-order valence-electron chi connectivity index (χ2n) is 5.73. The Hall–Kier alpha value is -1.51. The predicted molar refractivity (Wildman–Crippen MR) is 81.8 cm³/mol. The van der Waals surface area contributed by atoms with Gasteiger partial charge in [-0.2, -0.15) is 5.10 Å². The third-order valence-electron chi connectivity index (χ3n) is 4.36. The Morgan fingerprint density at radius 3 is 3.04 bits per heavy atom. The molecule has 2 aliphatic rings. The summed E-state index contributed by atoms with van der Waals surface area (Å²) in [4.78, 5) is 3.94. The molecule has 5 atom stereocenters. The molecule has 4 rings (SSSR count). The smallest absolute Gasteiger partial charge is 0.183 e. The molecule has 1 aromatic carbocycles. The minimum absolute atomic E-state index is 0.197. The number of benzene rings is 1. The van der Waals surface area contributed by atoms with E-state index in [2.05, 4.69) is 15.4 Å². The first-order chi connectivity index (χ1) is 11.2. The molecule has 23 heavy (non-hydrogen) atoms. The van der Waals surface area contributed by atoms with Gasteiger partial charge in [-0.3, -0.25) is 0 Å². The zero-order valence-corrected chi connectivity index (χ0v) is 13.0. The number of aromatic nitrogens is 3. The normalized spacial score (nSPS) is 33.0. The molecule has 2 aliphatic heterocycles. The third kappa shape index (κ3) is 2.75. The number of rotatable bonds is 4. The quantitative estimate of drug-likeness (QED) is 0.857. The molecule has 0 radical (unpaired) electrons. The fourth-order valence-corrected chi connectivity index (χ4v) is 3.38. The van der Waals surface area contributed by atoms with Crippen LogP contribution in [0.25, 0.3) is 0 Å². The van der Waals surface area contributed by atoms with Crippen LogP contribution in [0.3, 0.4) is 0 Å². The van der Waals surface area contributed by atoms with Gasteiger partial charge in [0.2, 0.25) is 0 Å². The maximum absolute atomic E-state index is 10.8. The van der Waals surface area contributed by atoms with Crippen LogP contribution in [0.5, 0.6) is 0 Å². The Morgan fingerprint density at radius 1 is 1.39 bits per heavy atom. The van der Waals surface area contributed by atoms with Crippen molar-refractivity contribution >= 4 is 11.6 Å². The fraction of sp³-hybridized carbons (Fsp3) is 0.467. The molecule has 0 unspecified atom stereocenters. The molecule has 2 bridgehead atoms. The van der Waals surface area contributed by atoms with Crippen molar-refractivity contribution in [2.24, 2.45) is 0 Å². The standard InChI is InChI=1S/C15H17ClN4O3/c16-10-4-2-1-3-9(10)5-18-12-11-6-22-15(23-11)13(14(12)21)20-8-17-7-19-20/h1-4,7-8,11-15,18,21H,5-6H2/t11-,12-,13-,14+,15-/m1/s1. The van der Waals surface area contributed by atoms with E-state index in [1.165, 1.54) is 6.33 Å². The van der Waals surface area contributed by atoms with E-state index in [0.29, 0.717) is 18.2 Å². The Bertz CT molecular complexity index is 669. The summed E-state index contributed by atoms with van der Waals surface area (Å²) in [5.41, 5.74) is 0.972. The monoisotopic (exact) mass is 336 g/mol. The maximum Gasteiger partial charge on any atom is 0.183 e. The highest BCUT2D eigenvalue weighted by Crippen LogP contribution is 2.35. The zero-order valence-electron chi connectivity index (χ0n) is 12.2. The number of ether oxygens (including phenoxy) is 2. The molecule has 122 valence electrons. The highest BCUT2D eigenvalue weighted by molar-refractivity contribution is 6.31. The summed E-state index contributed by atoms with van der Waals surface area (Å²) in [6.07, 6.45) is 1.59. The van der Waals surface area contributed by atoms with Gasteiger partial charge in [0.1, 0.15) is 24.8 Å². The van der Waals surface area contributed by atoms with Crippen molar-refractivity contribution in [1.82, 2.24) is 20.1 Å². The van der Waals surface area contributed by atoms with Gasteiger partial charge < -0.3 is 19.9 Å². The van der Waals surface area contributed by atoms with E-state index in [-0.39, 0.29) is 12.1 Å². The van der Waals surface area contributed by atoms with E-state index >= 15 is 0 Å². The lowest BCUT2D eigenvalue weighted by atomic mass is 9.96. The summed E-state index contributed by atoms with van der Waals surface area (Å²) in [5.74, 6) is 0. The topological polar surface area (TPSA) is 81.4 Å². The molecule has 2 N–H and O–H groups in total. The first-order valence-electron chi connectivity index (χ1n) is 7.50. The lowest BCUT2D eigenvalue weighted by molar-refractivity contribution is -0.168. The van der Waals surface area contributed by atoms with Crippen LogP contribution in [0.1, 0.15) is 11.6 Å². The molecule has 3 heterocycles. The van der Waals surface area contributed by atoms with Crippen molar-refractivity contribution in [2.45, 2.75) is 37.1 Å². The van der Waals surface area contributed by atoms with Crippen LogP contribution >= 0.6 is 11.6 Å². The Kier molecular flexibility index (Phi) is 4.04. The highest BCUT2D eigenvalue weighted by Gasteiger charge is 2.51. The molecule has 0 spiro atoms. The van der Waals surface area contributed by atoms with Gasteiger partial charge in [-0.05, 0) is 11.6 Å². The summed E-state index contributed by atoms with van der Waals surface area (Å²) >= 11 is 6.19. The number of hydrogen-bond acceptors (Lipinski definition) is 6. The first-order valence-corrected chi connectivity index (χ1v) is 7.88. The first kappa shape index (κ1) is 15.0. The van der Waals surface area contributed by atoms with Crippen LogP contribution in [-0.2, 0) is 16.0 Å². The molecule has 1 aromatic heterocycles. The number of nitrogens with zero attached hydrogens (tertiary/aromatic N) is 3. The van der Waals surface area contributed by atoms with Gasteiger partial charge in [-0.1, -0.05) is 29.8 Å². The van der Waals surface area contributed by atoms with E-state index in [4.69, 9.17) is 21.1 Å². The van der Waals surface area contributed by atoms with E-state index in [1.807, 2.05) is 24.3 Å². The van der Waals surface area contributed by atoms with E-state index in [9.17, 15) is 5.11 Å². The molecule has 2 fully saturated rings. The van der Waals surface area contributed by atoms with Crippen LogP contribution in [0.15, 0.2) is 36.9 Å². The van der Waals surface area contributed by atoms with Crippen molar-refractivity contribution in [3.8, 4) is 0 Å². The van der Waals surface area contributed by atoms with Crippen LogP contribution in [0.2, 0.25) is 5.02 Å². The van der Waals surface area contributed by atoms with Crippen molar-refractivity contribution in [3.63, 3.8) is 0 Å². The summed E-state index contributed by atoms with van der Waals surface area (Å²) in [5, 5.41) is 18.9. The molecule has 0 aliphatic carbocycles. The van der Waals surface area contributed by atoms with Gasteiger partial charge in [0, 0.05) is 11.6 Å². The molecule has 8 heteroatoms. The minimum atomic E-state index is -0.703. The molecule has 0 saturated carbocycles. The number of hydrogen-bond donors (Lipinski definition) is 2. The van der Waals surface area contributed by atoms with Crippen LogP contribution in [0.4, 0.5) is 0 Å². The molecular formula is C15H17ClN4O3. The van der Waals surface area contributed by atoms with E-state index in [1.54, 1.807) is 11.0 Å². The van der Waals surface area contributed by atoms with Gasteiger partial charge in [-0.15, -0.1) is 0 Å². The number of fused-ring (bicyclic) bond motifs is 2. The second-order valence-corrected chi connectivity index (χ2v) is 6.14. The molecule has 2 aromatic rings. The van der Waals surface area contributed by atoms with Crippen LogP contribution < -0.4 is 5.32 Å². The lowest BCUT2D eigenvalue weighted by Gasteiger charge is -2.38. The van der Waals surface area contributed by atoms with Gasteiger partial charge in [0.15, 0.2) is 6.29 Å². The van der Waals surface area contributed by atoms with Crippen molar-refractivity contribution in [1.29, 1.82) is 0 Å². The van der Waals surface area contributed by atoms with Crippen LogP contribution in [0, 0.1) is 0 Å². The minimum Gasteiger partial charge on any atom is -0.389 e. The second kappa shape index (κ2) is 6.18. The Labute approximate surface area is 138 Å². The molecular weight excluding hydrogens is 320 g/mol. The fourth-order valence-electron chi connectivity index (χ4n) is 3.18. The zero-order chi connectivity index (χ0) is 15.8. The van der Waals surface area contributed by atoms with E-state index < -0.39 is 18.4 Å². The van der Waals surface area contributed by atoms with Crippen molar-refractivity contribution < 1.29 is 14.6 Å². The SMILES string of the molecule is O[C@H]1[C@H](NCc2ccccc2Cl)[C@H]2CO[C@H](O2)[C@@H]1n1cncn1. The average Bonchev–Trinajstić information content (AvgIpc) is 3.21. The van der Waals surface area contributed by atoms with Crippen molar-refractivity contribution in [3.05, 3.63) is 47.5 Å². The molecule has 0 amide bonds. The number of halogens is 1. The summed E-state index contributed by atoms with van der Waals surface area (Å²) < 4.78 is 13.1. The maximum atomic E-state index is 10.8. The summed E-state index contributed by atoms with van der Waals surface area (Å²) in [7, 11) is 0.